The lowest BCUT2D eigenvalue weighted by atomic mass is 10.3. The number of hydrogen-bond donors (Lipinski definition) is 2. The molecule has 1 aromatic heterocycles. The summed E-state index contributed by atoms with van der Waals surface area (Å²) in [6.45, 7) is 2.10. The van der Waals surface area contributed by atoms with Crippen LogP contribution in [0.15, 0.2) is 41.6 Å². The molecule has 0 aliphatic rings. The Morgan fingerprint density at radius 1 is 1.33 bits per heavy atom. The topological polar surface area (TPSA) is 74.8 Å². The van der Waals surface area contributed by atoms with E-state index >= 15 is 0 Å². The predicted molar refractivity (Wildman–Crippen MR) is 70.1 cm³/mol. The molecule has 0 bridgehead atoms. The van der Waals surface area contributed by atoms with Gasteiger partial charge in [0.15, 0.2) is 9.84 Å². The molecule has 2 rings (SSSR count). The van der Waals surface area contributed by atoms with Gasteiger partial charge in [0.25, 0.3) is 0 Å². The van der Waals surface area contributed by atoms with E-state index in [9.17, 15) is 8.42 Å². The van der Waals surface area contributed by atoms with E-state index in [1.165, 1.54) is 0 Å². The fraction of sp³-hybridized carbons (Fsp3) is 0.250. The van der Waals surface area contributed by atoms with Crippen molar-refractivity contribution in [3.05, 3.63) is 42.5 Å². The van der Waals surface area contributed by atoms with Crippen molar-refractivity contribution in [1.29, 1.82) is 0 Å². The van der Waals surface area contributed by atoms with Crippen molar-refractivity contribution in [2.75, 3.05) is 11.1 Å². The minimum Gasteiger partial charge on any atom is -0.377 e. The summed E-state index contributed by atoms with van der Waals surface area (Å²) in [7, 11) is -3.21. The summed E-state index contributed by atoms with van der Waals surface area (Å²) in [4.78, 5) is 7.36. The smallest absolute Gasteiger partial charge is 0.180 e. The van der Waals surface area contributed by atoms with Gasteiger partial charge in [0.2, 0.25) is 0 Å². The van der Waals surface area contributed by atoms with E-state index in [-0.39, 0.29) is 5.75 Å². The number of anilines is 1. The van der Waals surface area contributed by atoms with Crippen LogP contribution in [-0.2, 0) is 16.4 Å². The third-order valence-corrected chi connectivity index (χ3v) is 4.39. The maximum atomic E-state index is 11.9. The number of sulfone groups is 1. The van der Waals surface area contributed by atoms with Gasteiger partial charge in [-0.3, -0.25) is 0 Å². The molecule has 0 fully saturated rings. The number of nitrogens with one attached hydrogen (secondary N) is 2. The number of aromatic nitrogens is 2. The molecule has 18 heavy (non-hydrogen) atoms. The number of H-pyrrole nitrogens is 1. The minimum atomic E-state index is -3.21. The Morgan fingerprint density at radius 3 is 2.78 bits per heavy atom. The quantitative estimate of drug-likeness (QED) is 0.864. The van der Waals surface area contributed by atoms with Crippen LogP contribution in [0, 0.1) is 0 Å². The third-order valence-electron chi connectivity index (χ3n) is 2.60. The van der Waals surface area contributed by atoms with E-state index in [2.05, 4.69) is 15.3 Å². The van der Waals surface area contributed by atoms with Crippen LogP contribution >= 0.6 is 0 Å². The first kappa shape index (κ1) is 12.6. The van der Waals surface area contributed by atoms with Gasteiger partial charge in [-0.1, -0.05) is 19.1 Å². The lowest BCUT2D eigenvalue weighted by molar-refractivity contribution is 0.597. The van der Waals surface area contributed by atoms with Crippen LogP contribution in [0.25, 0.3) is 0 Å². The summed E-state index contributed by atoms with van der Waals surface area (Å²) in [5.74, 6) is 0.852. The van der Waals surface area contributed by atoms with Gasteiger partial charge in [-0.15, -0.1) is 0 Å². The monoisotopic (exact) mass is 265 g/mol. The standard InChI is InChI=1S/C12H15N3O2S/c1-2-18(16,17)11-6-4-3-5-10(11)15-9-12-13-7-8-14-12/h3-8,15H,2,9H2,1H3,(H,13,14). The highest BCUT2D eigenvalue weighted by molar-refractivity contribution is 7.91. The Balaban J connectivity index is 2.23. The maximum absolute atomic E-state index is 11.9. The lowest BCUT2D eigenvalue weighted by Crippen LogP contribution is -2.09. The van der Waals surface area contributed by atoms with Crippen LogP contribution in [-0.4, -0.2) is 24.1 Å². The second-order valence-corrected chi connectivity index (χ2v) is 6.04. The maximum Gasteiger partial charge on any atom is 0.180 e. The second-order valence-electron chi connectivity index (χ2n) is 3.79. The molecule has 0 aliphatic carbocycles. The Hall–Kier alpha value is -1.82. The van der Waals surface area contributed by atoms with E-state index in [0.717, 1.165) is 5.82 Å². The molecule has 0 atom stereocenters. The van der Waals surface area contributed by atoms with Gasteiger partial charge in [-0.25, -0.2) is 13.4 Å². The average molecular weight is 265 g/mol. The molecule has 96 valence electrons. The van der Waals surface area contributed by atoms with Gasteiger partial charge in [-0.05, 0) is 12.1 Å². The van der Waals surface area contributed by atoms with Crippen LogP contribution in [0.2, 0.25) is 0 Å². The van der Waals surface area contributed by atoms with Gasteiger partial charge >= 0.3 is 0 Å². The largest absolute Gasteiger partial charge is 0.377 e. The summed E-state index contributed by atoms with van der Waals surface area (Å²) in [6.07, 6.45) is 3.39. The molecule has 5 nitrogen and oxygen atoms in total. The van der Waals surface area contributed by atoms with E-state index in [1.54, 1.807) is 43.6 Å². The van der Waals surface area contributed by atoms with Gasteiger partial charge < -0.3 is 10.3 Å². The number of para-hydroxylation sites is 1. The molecule has 6 heteroatoms. The molecule has 0 amide bonds. The minimum absolute atomic E-state index is 0.0897. The summed E-state index contributed by atoms with van der Waals surface area (Å²) in [5, 5.41) is 3.08. The number of hydrogen-bond acceptors (Lipinski definition) is 4. The van der Waals surface area contributed by atoms with Crippen molar-refractivity contribution in [2.45, 2.75) is 18.4 Å². The fourth-order valence-electron chi connectivity index (χ4n) is 1.61. The Kier molecular flexibility index (Phi) is 3.66. The predicted octanol–water partition coefficient (Wildman–Crippen LogP) is 1.82. The molecule has 0 saturated carbocycles. The van der Waals surface area contributed by atoms with E-state index in [4.69, 9.17) is 0 Å². The highest BCUT2D eigenvalue weighted by Gasteiger charge is 2.15. The van der Waals surface area contributed by atoms with Crippen LogP contribution in [0.1, 0.15) is 12.7 Å². The van der Waals surface area contributed by atoms with Crippen molar-refractivity contribution < 1.29 is 8.42 Å². The Labute approximate surface area is 106 Å². The molecule has 0 unspecified atom stereocenters. The zero-order chi connectivity index (χ0) is 13.0. The molecule has 2 N–H and O–H groups in total. The number of aromatic amines is 1. The first-order chi connectivity index (χ1) is 8.63. The summed E-state index contributed by atoms with van der Waals surface area (Å²) >= 11 is 0. The first-order valence-electron chi connectivity index (χ1n) is 5.67. The van der Waals surface area contributed by atoms with E-state index in [1.807, 2.05) is 0 Å². The van der Waals surface area contributed by atoms with Crippen LogP contribution < -0.4 is 5.32 Å². The summed E-state index contributed by atoms with van der Waals surface area (Å²) in [6, 6.07) is 6.90. The number of rotatable bonds is 5. The molecular weight excluding hydrogens is 250 g/mol. The molecule has 0 aliphatic heterocycles. The van der Waals surface area contributed by atoms with Gasteiger partial charge in [0, 0.05) is 12.4 Å². The van der Waals surface area contributed by atoms with Gasteiger partial charge in [0.05, 0.1) is 22.9 Å². The molecule has 0 saturated heterocycles. The second kappa shape index (κ2) is 5.22. The van der Waals surface area contributed by atoms with Gasteiger partial charge in [-0.2, -0.15) is 0 Å². The fourth-order valence-corrected chi connectivity index (χ4v) is 2.69. The molecule has 0 radical (unpaired) electrons. The molecule has 2 aromatic rings. The van der Waals surface area contributed by atoms with Crippen LogP contribution in [0.5, 0.6) is 0 Å². The Morgan fingerprint density at radius 2 is 2.11 bits per heavy atom. The first-order valence-corrected chi connectivity index (χ1v) is 7.32. The summed E-state index contributed by atoms with van der Waals surface area (Å²) < 4.78 is 23.8. The van der Waals surface area contributed by atoms with Crippen molar-refractivity contribution in [3.8, 4) is 0 Å². The van der Waals surface area contributed by atoms with Crippen LogP contribution in [0.3, 0.4) is 0 Å². The Bertz CT molecular complexity index is 606. The zero-order valence-corrected chi connectivity index (χ0v) is 10.9. The van der Waals surface area contributed by atoms with Crippen molar-refractivity contribution >= 4 is 15.5 Å². The number of nitrogens with zero attached hydrogens (tertiary/aromatic N) is 1. The molecule has 1 aromatic carbocycles. The highest BCUT2D eigenvalue weighted by atomic mass is 32.2. The van der Waals surface area contributed by atoms with Gasteiger partial charge in [0.1, 0.15) is 5.82 Å². The van der Waals surface area contributed by atoms with E-state index < -0.39 is 9.84 Å². The third kappa shape index (κ3) is 2.70. The summed E-state index contributed by atoms with van der Waals surface area (Å²) in [5.41, 5.74) is 0.607. The van der Waals surface area contributed by atoms with Crippen molar-refractivity contribution in [2.24, 2.45) is 0 Å². The average Bonchev–Trinajstić information content (AvgIpc) is 2.90. The highest BCUT2D eigenvalue weighted by Crippen LogP contribution is 2.22. The zero-order valence-electron chi connectivity index (χ0n) is 10.1. The number of imidazole rings is 1. The lowest BCUT2D eigenvalue weighted by Gasteiger charge is -2.10. The molecule has 0 spiro atoms. The van der Waals surface area contributed by atoms with Crippen molar-refractivity contribution in [1.82, 2.24) is 9.97 Å². The normalized spacial score (nSPS) is 11.4. The number of benzene rings is 1. The molecular formula is C12H15N3O2S. The van der Waals surface area contributed by atoms with Crippen LogP contribution in [0.4, 0.5) is 5.69 Å². The van der Waals surface area contributed by atoms with Crippen molar-refractivity contribution in [3.63, 3.8) is 0 Å². The SMILES string of the molecule is CCS(=O)(=O)c1ccccc1NCc1ncc[nH]1. The molecule has 1 heterocycles. The van der Waals surface area contributed by atoms with E-state index in [0.29, 0.717) is 17.1 Å².